The lowest BCUT2D eigenvalue weighted by Crippen LogP contribution is -2.17. The molecule has 3 rings (SSSR count). The summed E-state index contributed by atoms with van der Waals surface area (Å²) >= 11 is 0. The first-order valence-electron chi connectivity index (χ1n) is 7.64. The predicted octanol–water partition coefficient (Wildman–Crippen LogP) is 2.37. The van der Waals surface area contributed by atoms with Crippen LogP contribution in [-0.2, 0) is 14.3 Å². The largest absolute Gasteiger partial charge is 0.478 e. The van der Waals surface area contributed by atoms with E-state index in [0.29, 0.717) is 5.39 Å². The monoisotopic (exact) mass is 386 g/mol. The Morgan fingerprint density at radius 1 is 1.00 bits per heavy atom. The number of carbonyl (C=O) groups excluding carboxylic acids is 1. The molecule has 0 atom stereocenters. The Hall–Kier alpha value is -3.43. The van der Waals surface area contributed by atoms with Gasteiger partial charge in [-0.1, -0.05) is 36.4 Å². The van der Waals surface area contributed by atoms with Gasteiger partial charge in [0.25, 0.3) is 0 Å². The van der Waals surface area contributed by atoms with E-state index in [0.717, 1.165) is 6.07 Å². The van der Waals surface area contributed by atoms with E-state index in [2.05, 4.69) is 5.43 Å². The van der Waals surface area contributed by atoms with Crippen LogP contribution in [0.4, 0.5) is 5.69 Å². The molecule has 0 saturated heterocycles. The molecule has 0 radical (unpaired) electrons. The number of carboxylic acids is 1. The Kier molecular flexibility index (Phi) is 4.80. The van der Waals surface area contributed by atoms with Crippen molar-refractivity contribution in [1.82, 2.24) is 0 Å². The maximum Gasteiger partial charge on any atom is 0.356 e. The molecule has 0 aliphatic heterocycles. The standard InChI is InChI=1S/C18H14N2O6S/c19-20-15-8-4-3-7-14(15)18(23)26-27(24,25)16-10-12(17(21)22)9-11-5-1-2-6-13(11)16/h1-10,20H,19H2,(H,21,22). The molecule has 27 heavy (non-hydrogen) atoms. The zero-order chi connectivity index (χ0) is 19.6. The first kappa shape index (κ1) is 18.4. The topological polar surface area (TPSA) is 136 Å². The molecule has 0 saturated carbocycles. The van der Waals surface area contributed by atoms with Crippen LogP contribution in [0.5, 0.6) is 0 Å². The lowest BCUT2D eigenvalue weighted by Gasteiger charge is -2.11. The van der Waals surface area contributed by atoms with Crippen LogP contribution >= 0.6 is 0 Å². The fourth-order valence-electron chi connectivity index (χ4n) is 2.58. The van der Waals surface area contributed by atoms with E-state index in [9.17, 15) is 23.1 Å². The molecule has 138 valence electrons. The molecule has 0 spiro atoms. The summed E-state index contributed by atoms with van der Waals surface area (Å²) in [7, 11) is -4.60. The van der Waals surface area contributed by atoms with E-state index in [-0.39, 0.29) is 22.2 Å². The Morgan fingerprint density at radius 2 is 1.67 bits per heavy atom. The maximum absolute atomic E-state index is 12.7. The Morgan fingerprint density at radius 3 is 2.37 bits per heavy atom. The summed E-state index contributed by atoms with van der Waals surface area (Å²) in [6.07, 6.45) is 0. The van der Waals surface area contributed by atoms with Crippen LogP contribution in [0, 0.1) is 0 Å². The van der Waals surface area contributed by atoms with Crippen LogP contribution in [0.1, 0.15) is 20.7 Å². The zero-order valence-electron chi connectivity index (χ0n) is 13.7. The van der Waals surface area contributed by atoms with Crippen molar-refractivity contribution < 1.29 is 27.3 Å². The fraction of sp³-hybridized carbons (Fsp3) is 0. The molecule has 3 aromatic carbocycles. The quantitative estimate of drug-likeness (QED) is 0.345. The third-order valence-corrected chi connectivity index (χ3v) is 5.08. The third kappa shape index (κ3) is 3.59. The second-order valence-electron chi connectivity index (χ2n) is 5.52. The van der Waals surface area contributed by atoms with Crippen molar-refractivity contribution in [3.8, 4) is 0 Å². The van der Waals surface area contributed by atoms with Gasteiger partial charge < -0.3 is 14.7 Å². The average molecular weight is 386 g/mol. The number of benzene rings is 3. The van der Waals surface area contributed by atoms with Crippen LogP contribution in [0.2, 0.25) is 0 Å². The number of carboxylic acid groups (broad SMARTS) is 1. The number of aromatic carboxylic acids is 1. The van der Waals surface area contributed by atoms with Gasteiger partial charge in [0.1, 0.15) is 4.90 Å². The molecular formula is C18H14N2O6S. The van der Waals surface area contributed by atoms with Crippen molar-refractivity contribution in [3.05, 3.63) is 71.8 Å². The maximum atomic E-state index is 12.7. The molecule has 0 aliphatic carbocycles. The van der Waals surface area contributed by atoms with Crippen LogP contribution in [0.25, 0.3) is 10.8 Å². The second-order valence-corrected chi connectivity index (χ2v) is 7.03. The molecule has 0 fully saturated rings. The van der Waals surface area contributed by atoms with E-state index in [1.807, 2.05) is 0 Å². The van der Waals surface area contributed by atoms with Crippen molar-refractivity contribution in [1.29, 1.82) is 0 Å². The van der Waals surface area contributed by atoms with Gasteiger partial charge in [-0.25, -0.2) is 9.59 Å². The minimum absolute atomic E-state index is 0.0812. The summed E-state index contributed by atoms with van der Waals surface area (Å²) in [5.74, 6) is 2.87. The van der Waals surface area contributed by atoms with E-state index in [1.54, 1.807) is 24.3 Å². The number of nitrogens with one attached hydrogen (secondary N) is 1. The second kappa shape index (κ2) is 7.06. The van der Waals surface area contributed by atoms with Gasteiger partial charge in [0.2, 0.25) is 0 Å². The lowest BCUT2D eigenvalue weighted by atomic mass is 10.1. The minimum atomic E-state index is -4.60. The molecule has 9 heteroatoms. The molecule has 0 unspecified atom stereocenters. The fourth-order valence-corrected chi connectivity index (χ4v) is 3.69. The molecular weight excluding hydrogens is 372 g/mol. The highest BCUT2D eigenvalue weighted by Gasteiger charge is 2.26. The van der Waals surface area contributed by atoms with Crippen molar-refractivity contribution in [2.24, 2.45) is 5.84 Å². The van der Waals surface area contributed by atoms with Crippen molar-refractivity contribution in [3.63, 3.8) is 0 Å². The minimum Gasteiger partial charge on any atom is -0.478 e. The number of hydrogen-bond acceptors (Lipinski definition) is 7. The highest BCUT2D eigenvalue weighted by Crippen LogP contribution is 2.28. The van der Waals surface area contributed by atoms with Gasteiger partial charge in [0.05, 0.1) is 16.8 Å². The summed E-state index contributed by atoms with van der Waals surface area (Å²) in [6.45, 7) is 0. The lowest BCUT2D eigenvalue weighted by molar-refractivity contribution is 0.0695. The van der Waals surface area contributed by atoms with Gasteiger partial charge in [-0.3, -0.25) is 5.84 Å². The Balaban J connectivity index is 2.10. The van der Waals surface area contributed by atoms with Crippen molar-refractivity contribution >= 4 is 38.5 Å². The van der Waals surface area contributed by atoms with Crippen LogP contribution < -0.4 is 11.3 Å². The van der Waals surface area contributed by atoms with Crippen LogP contribution in [0.15, 0.2) is 65.6 Å². The normalized spacial score (nSPS) is 11.1. The Labute approximate surface area is 154 Å². The zero-order valence-corrected chi connectivity index (χ0v) is 14.6. The number of rotatable bonds is 5. The summed E-state index contributed by atoms with van der Waals surface area (Å²) < 4.78 is 30.2. The number of hydrazine groups is 1. The summed E-state index contributed by atoms with van der Waals surface area (Å²) in [6, 6.07) is 14.5. The number of para-hydroxylation sites is 1. The number of nitrogens with two attached hydrogens (primary N) is 1. The average Bonchev–Trinajstić information content (AvgIpc) is 2.66. The van der Waals surface area contributed by atoms with E-state index in [4.69, 9.17) is 10.0 Å². The van der Waals surface area contributed by atoms with Gasteiger partial charge in [0, 0.05) is 5.39 Å². The molecule has 0 aliphatic rings. The van der Waals surface area contributed by atoms with E-state index < -0.39 is 27.0 Å². The molecule has 0 heterocycles. The molecule has 8 nitrogen and oxygen atoms in total. The number of fused-ring (bicyclic) bond motifs is 1. The van der Waals surface area contributed by atoms with Crippen molar-refractivity contribution in [2.75, 3.05) is 5.43 Å². The SMILES string of the molecule is NNc1ccccc1C(=O)OS(=O)(=O)c1cc(C(=O)O)cc2ccccc12. The van der Waals surface area contributed by atoms with Gasteiger partial charge in [-0.2, -0.15) is 8.42 Å². The molecule has 0 bridgehead atoms. The molecule has 0 amide bonds. The number of nitrogen functional groups attached to an aromatic ring is 1. The molecule has 0 aromatic heterocycles. The highest BCUT2D eigenvalue weighted by atomic mass is 32.2. The first-order valence-corrected chi connectivity index (χ1v) is 9.05. The summed E-state index contributed by atoms with van der Waals surface area (Å²) in [5, 5.41) is 9.86. The van der Waals surface area contributed by atoms with E-state index in [1.165, 1.54) is 30.3 Å². The van der Waals surface area contributed by atoms with Gasteiger partial charge in [-0.15, -0.1) is 0 Å². The van der Waals surface area contributed by atoms with Crippen molar-refractivity contribution in [2.45, 2.75) is 4.90 Å². The van der Waals surface area contributed by atoms with Gasteiger partial charge >= 0.3 is 22.1 Å². The first-order chi connectivity index (χ1) is 12.8. The van der Waals surface area contributed by atoms with E-state index >= 15 is 0 Å². The molecule has 3 aromatic rings. The summed E-state index contributed by atoms with van der Waals surface area (Å²) in [5.41, 5.74) is 2.14. The van der Waals surface area contributed by atoms with Gasteiger partial charge in [-0.05, 0) is 29.7 Å². The predicted molar refractivity (Wildman–Crippen MR) is 97.8 cm³/mol. The van der Waals surface area contributed by atoms with Gasteiger partial charge in [0.15, 0.2) is 0 Å². The number of carbonyl (C=O) groups is 2. The Bertz CT molecular complexity index is 1160. The molecule has 4 N–H and O–H groups in total. The third-order valence-electron chi connectivity index (χ3n) is 3.83. The summed E-state index contributed by atoms with van der Waals surface area (Å²) in [4.78, 5) is 23.3. The highest BCUT2D eigenvalue weighted by molar-refractivity contribution is 7.87. The number of hydrogen-bond donors (Lipinski definition) is 3. The van der Waals surface area contributed by atoms with Crippen LogP contribution in [-0.4, -0.2) is 25.5 Å². The number of anilines is 1. The smallest absolute Gasteiger partial charge is 0.356 e. The van der Waals surface area contributed by atoms with Crippen LogP contribution in [0.3, 0.4) is 0 Å².